The number of benzene rings is 1. The first-order chi connectivity index (χ1) is 9.20. The molecular weight excluding hydrogens is 280 g/mol. The molecule has 0 spiro atoms. The standard InChI is InChI=1S/C14H17ClN2OS/c1-11-10-19-14(17(11)8-3-9-18-2)16-13-6-4-12(15)5-7-13/h4-7,10H,3,8-9H2,1-2H3. The molecule has 2 aromatic rings. The number of aryl methyl sites for hydroxylation is 1. The zero-order chi connectivity index (χ0) is 13.7. The quantitative estimate of drug-likeness (QED) is 0.771. The molecule has 2 rings (SSSR count). The van der Waals surface area contributed by atoms with Crippen molar-refractivity contribution in [1.29, 1.82) is 0 Å². The van der Waals surface area contributed by atoms with E-state index in [2.05, 4.69) is 21.9 Å². The molecule has 0 aliphatic rings. The van der Waals surface area contributed by atoms with Gasteiger partial charge in [-0.2, -0.15) is 0 Å². The molecule has 0 fully saturated rings. The van der Waals surface area contributed by atoms with E-state index in [0.717, 1.165) is 35.1 Å². The molecule has 0 saturated carbocycles. The van der Waals surface area contributed by atoms with Crippen LogP contribution in [-0.2, 0) is 11.3 Å². The van der Waals surface area contributed by atoms with Crippen LogP contribution in [0.1, 0.15) is 12.1 Å². The Balaban J connectivity index is 2.26. The Morgan fingerprint density at radius 1 is 1.32 bits per heavy atom. The number of rotatable bonds is 5. The third-order valence-corrected chi connectivity index (χ3v) is 4.01. The number of thiazole rings is 1. The maximum Gasteiger partial charge on any atom is 0.190 e. The fraction of sp³-hybridized carbons (Fsp3) is 0.357. The number of nitrogens with zero attached hydrogens (tertiary/aromatic N) is 2. The lowest BCUT2D eigenvalue weighted by atomic mass is 10.3. The van der Waals surface area contributed by atoms with Gasteiger partial charge in [0.05, 0.1) is 5.69 Å². The molecule has 0 saturated heterocycles. The van der Waals surface area contributed by atoms with E-state index >= 15 is 0 Å². The van der Waals surface area contributed by atoms with Crippen molar-refractivity contribution in [2.45, 2.75) is 19.9 Å². The van der Waals surface area contributed by atoms with E-state index in [1.807, 2.05) is 24.3 Å². The number of hydrogen-bond acceptors (Lipinski definition) is 3. The summed E-state index contributed by atoms with van der Waals surface area (Å²) in [6.07, 6.45) is 0.988. The molecule has 0 unspecified atom stereocenters. The third-order valence-electron chi connectivity index (χ3n) is 2.77. The van der Waals surface area contributed by atoms with Crippen LogP contribution in [0.25, 0.3) is 0 Å². The van der Waals surface area contributed by atoms with Gasteiger partial charge in [0.2, 0.25) is 0 Å². The van der Waals surface area contributed by atoms with Gasteiger partial charge in [-0.1, -0.05) is 11.6 Å². The van der Waals surface area contributed by atoms with Crippen LogP contribution in [0, 0.1) is 6.92 Å². The Morgan fingerprint density at radius 3 is 2.74 bits per heavy atom. The summed E-state index contributed by atoms with van der Waals surface area (Å²) in [7, 11) is 1.73. The van der Waals surface area contributed by atoms with Gasteiger partial charge in [0.1, 0.15) is 0 Å². The summed E-state index contributed by atoms with van der Waals surface area (Å²) >= 11 is 7.53. The highest BCUT2D eigenvalue weighted by Crippen LogP contribution is 2.16. The van der Waals surface area contributed by atoms with Crippen molar-refractivity contribution in [3.05, 3.63) is 45.2 Å². The molecule has 1 heterocycles. The molecule has 5 heteroatoms. The van der Waals surface area contributed by atoms with E-state index < -0.39 is 0 Å². The van der Waals surface area contributed by atoms with E-state index in [1.165, 1.54) is 5.69 Å². The predicted octanol–water partition coefficient (Wildman–Crippen LogP) is 3.78. The maximum atomic E-state index is 5.88. The summed E-state index contributed by atoms with van der Waals surface area (Å²) in [5, 5.41) is 2.86. The molecule has 19 heavy (non-hydrogen) atoms. The SMILES string of the molecule is COCCCn1c(C)csc1=Nc1ccc(Cl)cc1. The molecule has 0 atom stereocenters. The molecule has 1 aromatic carbocycles. The topological polar surface area (TPSA) is 26.5 Å². The van der Waals surface area contributed by atoms with E-state index in [0.29, 0.717) is 0 Å². The average molecular weight is 297 g/mol. The van der Waals surface area contributed by atoms with Gasteiger partial charge >= 0.3 is 0 Å². The summed E-state index contributed by atoms with van der Waals surface area (Å²) in [4.78, 5) is 5.67. The zero-order valence-electron chi connectivity index (χ0n) is 11.1. The van der Waals surface area contributed by atoms with Crippen LogP contribution in [0.15, 0.2) is 34.6 Å². The number of halogens is 1. The van der Waals surface area contributed by atoms with Gasteiger partial charge in [0.25, 0.3) is 0 Å². The van der Waals surface area contributed by atoms with Gasteiger partial charge in [-0.25, -0.2) is 4.99 Å². The van der Waals surface area contributed by atoms with Gasteiger partial charge in [-0.15, -0.1) is 11.3 Å². The van der Waals surface area contributed by atoms with E-state index in [9.17, 15) is 0 Å². The first-order valence-electron chi connectivity index (χ1n) is 6.15. The van der Waals surface area contributed by atoms with Gasteiger partial charge in [0.15, 0.2) is 4.80 Å². The second-order valence-corrected chi connectivity index (χ2v) is 5.52. The molecule has 0 bridgehead atoms. The van der Waals surface area contributed by atoms with Crippen LogP contribution in [0.3, 0.4) is 0 Å². The number of aromatic nitrogens is 1. The molecule has 0 amide bonds. The first-order valence-corrected chi connectivity index (χ1v) is 7.40. The maximum absolute atomic E-state index is 5.88. The molecule has 0 aliphatic heterocycles. The number of ether oxygens (including phenoxy) is 1. The van der Waals surface area contributed by atoms with Crippen molar-refractivity contribution in [2.24, 2.45) is 4.99 Å². The fourth-order valence-electron chi connectivity index (χ4n) is 1.77. The summed E-state index contributed by atoms with van der Waals surface area (Å²) in [5.41, 5.74) is 2.15. The molecule has 3 nitrogen and oxygen atoms in total. The van der Waals surface area contributed by atoms with Crippen molar-refractivity contribution >= 4 is 28.6 Å². The minimum Gasteiger partial charge on any atom is -0.385 e. The van der Waals surface area contributed by atoms with Crippen LogP contribution < -0.4 is 4.80 Å². The summed E-state index contributed by atoms with van der Waals surface area (Å²) in [6, 6.07) is 7.57. The van der Waals surface area contributed by atoms with E-state index in [4.69, 9.17) is 16.3 Å². The van der Waals surface area contributed by atoms with Crippen molar-refractivity contribution in [2.75, 3.05) is 13.7 Å². The summed E-state index contributed by atoms with van der Waals surface area (Å²) in [5.74, 6) is 0. The second-order valence-electron chi connectivity index (χ2n) is 4.25. The molecule has 102 valence electrons. The van der Waals surface area contributed by atoms with Crippen molar-refractivity contribution in [1.82, 2.24) is 4.57 Å². The highest BCUT2D eigenvalue weighted by Gasteiger charge is 2.01. The van der Waals surface area contributed by atoms with E-state index in [-0.39, 0.29) is 0 Å². The molecule has 0 N–H and O–H groups in total. The van der Waals surface area contributed by atoms with Crippen LogP contribution in [0.5, 0.6) is 0 Å². The van der Waals surface area contributed by atoms with Gasteiger partial charge < -0.3 is 9.30 Å². The van der Waals surface area contributed by atoms with Crippen LogP contribution in [-0.4, -0.2) is 18.3 Å². The normalized spacial score (nSPS) is 12.1. The Bertz CT molecular complexity index is 586. The molecule has 0 aliphatic carbocycles. The first kappa shape index (κ1) is 14.3. The highest BCUT2D eigenvalue weighted by molar-refractivity contribution is 7.07. The minimum absolute atomic E-state index is 0.731. The average Bonchev–Trinajstić information content (AvgIpc) is 2.74. The largest absolute Gasteiger partial charge is 0.385 e. The Morgan fingerprint density at radius 2 is 2.05 bits per heavy atom. The van der Waals surface area contributed by atoms with Crippen molar-refractivity contribution < 1.29 is 4.74 Å². The Kier molecular flexibility index (Phi) is 5.19. The molecule has 0 radical (unpaired) electrons. The van der Waals surface area contributed by atoms with Crippen molar-refractivity contribution in [3.8, 4) is 0 Å². The van der Waals surface area contributed by atoms with Crippen LogP contribution in [0.4, 0.5) is 5.69 Å². The summed E-state index contributed by atoms with van der Waals surface area (Å²) < 4.78 is 7.32. The number of hydrogen-bond donors (Lipinski definition) is 0. The molecular formula is C14H17ClN2OS. The predicted molar refractivity (Wildman–Crippen MR) is 80.2 cm³/mol. The van der Waals surface area contributed by atoms with Gasteiger partial charge in [-0.05, 0) is 37.6 Å². The third kappa shape index (κ3) is 3.93. The summed E-state index contributed by atoms with van der Waals surface area (Å²) in [6.45, 7) is 3.79. The monoisotopic (exact) mass is 296 g/mol. The zero-order valence-corrected chi connectivity index (χ0v) is 12.7. The smallest absolute Gasteiger partial charge is 0.190 e. The van der Waals surface area contributed by atoms with Crippen LogP contribution in [0.2, 0.25) is 5.02 Å². The number of methoxy groups -OCH3 is 1. The second kappa shape index (κ2) is 6.89. The lowest BCUT2D eigenvalue weighted by Crippen LogP contribution is -2.17. The lowest BCUT2D eigenvalue weighted by Gasteiger charge is -2.05. The molecule has 1 aromatic heterocycles. The minimum atomic E-state index is 0.731. The van der Waals surface area contributed by atoms with Crippen LogP contribution >= 0.6 is 22.9 Å². The van der Waals surface area contributed by atoms with Gasteiger partial charge in [0, 0.05) is 36.4 Å². The lowest BCUT2D eigenvalue weighted by molar-refractivity contribution is 0.190. The Labute approximate surface area is 122 Å². The highest BCUT2D eigenvalue weighted by atomic mass is 35.5. The van der Waals surface area contributed by atoms with Gasteiger partial charge in [-0.3, -0.25) is 0 Å². The fourth-order valence-corrected chi connectivity index (χ4v) is 2.82. The van der Waals surface area contributed by atoms with E-state index in [1.54, 1.807) is 18.4 Å². The van der Waals surface area contributed by atoms with Crippen molar-refractivity contribution in [3.63, 3.8) is 0 Å². The Hall–Kier alpha value is -1.10.